The number of ether oxygens (including phenoxy) is 1. The minimum absolute atomic E-state index is 0.00782. The molecule has 2 unspecified atom stereocenters. The molecule has 3 aromatic carbocycles. The van der Waals surface area contributed by atoms with Crippen molar-refractivity contribution in [3.8, 4) is 5.75 Å². The molecule has 7 heteroatoms. The molecule has 2 amide bonds. The Kier molecular flexibility index (Phi) is 10.6. The van der Waals surface area contributed by atoms with Crippen molar-refractivity contribution < 1.29 is 14.3 Å². The maximum absolute atomic E-state index is 13.6. The first kappa shape index (κ1) is 27.2. The summed E-state index contributed by atoms with van der Waals surface area (Å²) >= 11 is 5.69. The average Bonchev–Trinajstić information content (AvgIpc) is 2.87. The largest absolute Gasteiger partial charge is 0.484 e. The van der Waals surface area contributed by atoms with E-state index in [4.69, 9.17) is 4.74 Å². The molecule has 0 bridgehead atoms. The molecule has 0 fully saturated rings. The molecular formula is C28H30BrIN2O3. The molecule has 0 aliphatic heterocycles. The molecule has 184 valence electrons. The van der Waals surface area contributed by atoms with Crippen LogP contribution in [-0.4, -0.2) is 35.4 Å². The lowest BCUT2D eigenvalue weighted by Crippen LogP contribution is -2.53. The first-order chi connectivity index (χ1) is 16.9. The Morgan fingerprint density at radius 2 is 1.63 bits per heavy atom. The molecule has 0 saturated heterocycles. The van der Waals surface area contributed by atoms with Gasteiger partial charge >= 0.3 is 0 Å². The van der Waals surface area contributed by atoms with E-state index in [0.29, 0.717) is 18.7 Å². The van der Waals surface area contributed by atoms with Crippen molar-refractivity contribution >= 4 is 50.3 Å². The Hall–Kier alpha value is -2.39. The van der Waals surface area contributed by atoms with Crippen molar-refractivity contribution in [2.24, 2.45) is 0 Å². The quantitative estimate of drug-likeness (QED) is 0.260. The van der Waals surface area contributed by atoms with Gasteiger partial charge in [-0.15, -0.1) is 0 Å². The summed E-state index contributed by atoms with van der Waals surface area (Å²) in [4.78, 5) is 28.7. The molecule has 0 spiro atoms. The fourth-order valence-electron chi connectivity index (χ4n) is 3.54. The van der Waals surface area contributed by atoms with E-state index < -0.39 is 6.04 Å². The Balaban J connectivity index is 1.89. The molecule has 5 nitrogen and oxygen atoms in total. The van der Waals surface area contributed by atoms with Crippen LogP contribution in [0.5, 0.6) is 5.75 Å². The van der Waals surface area contributed by atoms with Crippen LogP contribution in [-0.2, 0) is 22.6 Å². The van der Waals surface area contributed by atoms with Gasteiger partial charge in [-0.05, 0) is 83.5 Å². The summed E-state index contributed by atoms with van der Waals surface area (Å²) < 4.78 is 7.85. The molecule has 1 N–H and O–H groups in total. The third-order valence-corrected chi connectivity index (χ3v) is 6.96. The zero-order valence-electron chi connectivity index (χ0n) is 19.9. The summed E-state index contributed by atoms with van der Waals surface area (Å²) in [6, 6.07) is 24.4. The molecule has 0 saturated carbocycles. The fraction of sp³-hybridized carbons (Fsp3) is 0.286. The van der Waals surface area contributed by atoms with Gasteiger partial charge in [0, 0.05) is 27.1 Å². The second-order valence-corrected chi connectivity index (χ2v) is 10.6. The van der Waals surface area contributed by atoms with E-state index in [2.05, 4.69) is 43.8 Å². The second kappa shape index (κ2) is 13.6. The minimum atomic E-state index is -0.678. The van der Waals surface area contributed by atoms with Crippen LogP contribution in [0.3, 0.4) is 0 Å². The van der Waals surface area contributed by atoms with E-state index in [1.807, 2.05) is 92.7 Å². The van der Waals surface area contributed by atoms with Gasteiger partial charge < -0.3 is 15.0 Å². The van der Waals surface area contributed by atoms with E-state index in [-0.39, 0.29) is 24.5 Å². The lowest BCUT2D eigenvalue weighted by molar-refractivity contribution is -0.143. The van der Waals surface area contributed by atoms with Gasteiger partial charge in [0.1, 0.15) is 11.8 Å². The van der Waals surface area contributed by atoms with Crippen molar-refractivity contribution in [2.75, 3.05) is 6.61 Å². The summed E-state index contributed by atoms with van der Waals surface area (Å²) in [7, 11) is 0. The highest BCUT2D eigenvalue weighted by Crippen LogP contribution is 2.19. The van der Waals surface area contributed by atoms with E-state index in [1.165, 1.54) is 0 Å². The number of amides is 2. The van der Waals surface area contributed by atoms with Crippen molar-refractivity contribution in [3.63, 3.8) is 0 Å². The predicted octanol–water partition coefficient (Wildman–Crippen LogP) is 5.99. The third kappa shape index (κ3) is 8.65. The van der Waals surface area contributed by atoms with Crippen LogP contribution in [0.2, 0.25) is 0 Å². The lowest BCUT2D eigenvalue weighted by Gasteiger charge is -2.32. The summed E-state index contributed by atoms with van der Waals surface area (Å²) in [5.74, 6) is 0.209. The van der Waals surface area contributed by atoms with Gasteiger partial charge in [0.2, 0.25) is 5.91 Å². The molecule has 0 aliphatic carbocycles. The Labute approximate surface area is 229 Å². The fourth-order valence-corrected chi connectivity index (χ4v) is 4.16. The molecule has 0 heterocycles. The molecule has 0 aromatic heterocycles. The minimum Gasteiger partial charge on any atom is -0.484 e. The molecule has 0 aliphatic rings. The van der Waals surface area contributed by atoms with Gasteiger partial charge in [-0.2, -0.15) is 0 Å². The smallest absolute Gasteiger partial charge is 0.261 e. The number of hydrogen-bond donors (Lipinski definition) is 1. The Morgan fingerprint density at radius 1 is 0.971 bits per heavy atom. The van der Waals surface area contributed by atoms with Crippen molar-refractivity contribution in [3.05, 3.63) is 98.0 Å². The van der Waals surface area contributed by atoms with Crippen molar-refractivity contribution in [1.29, 1.82) is 0 Å². The van der Waals surface area contributed by atoms with E-state index in [9.17, 15) is 9.59 Å². The Bertz CT molecular complexity index is 1090. The summed E-state index contributed by atoms with van der Waals surface area (Å²) in [5, 5.41) is 3.08. The zero-order valence-corrected chi connectivity index (χ0v) is 23.7. The molecular weight excluding hydrogens is 619 g/mol. The number of hydrogen-bond acceptors (Lipinski definition) is 3. The summed E-state index contributed by atoms with van der Waals surface area (Å²) in [6.07, 6.45) is 1.22. The van der Waals surface area contributed by atoms with E-state index in [1.54, 1.807) is 4.90 Å². The zero-order chi connectivity index (χ0) is 25.2. The highest BCUT2D eigenvalue weighted by molar-refractivity contribution is 14.1. The molecule has 2 atom stereocenters. The van der Waals surface area contributed by atoms with Gasteiger partial charge in [0.15, 0.2) is 6.61 Å². The van der Waals surface area contributed by atoms with Crippen LogP contribution in [0.4, 0.5) is 0 Å². The van der Waals surface area contributed by atoms with Gasteiger partial charge in [0.25, 0.3) is 5.91 Å². The number of nitrogens with zero attached hydrogens (tertiary/aromatic N) is 1. The molecule has 0 radical (unpaired) electrons. The number of carbonyl (C=O) groups excluding carboxylic acids is 2. The first-order valence-electron chi connectivity index (χ1n) is 11.6. The monoisotopic (exact) mass is 648 g/mol. The van der Waals surface area contributed by atoms with E-state index in [0.717, 1.165) is 25.6 Å². The second-order valence-electron chi connectivity index (χ2n) is 8.41. The normalized spacial score (nSPS) is 12.5. The van der Waals surface area contributed by atoms with Gasteiger partial charge in [-0.1, -0.05) is 65.3 Å². The lowest BCUT2D eigenvalue weighted by atomic mass is 10.0. The first-order valence-corrected chi connectivity index (χ1v) is 13.5. The SMILES string of the molecule is CCC(C)NC(=O)C(Cc1ccccc1)N(Cc1ccc(Br)cc1)C(=O)COc1ccc(I)cc1. The van der Waals surface area contributed by atoms with Crippen LogP contribution in [0.1, 0.15) is 31.4 Å². The summed E-state index contributed by atoms with van der Waals surface area (Å²) in [6.45, 7) is 4.14. The van der Waals surface area contributed by atoms with Crippen LogP contribution in [0, 0.1) is 3.57 Å². The number of benzene rings is 3. The van der Waals surface area contributed by atoms with Gasteiger partial charge in [0.05, 0.1) is 0 Å². The third-order valence-electron chi connectivity index (χ3n) is 5.71. The number of halogens is 2. The molecule has 3 aromatic rings. The van der Waals surface area contributed by atoms with Crippen LogP contribution in [0.15, 0.2) is 83.3 Å². The molecule has 3 rings (SSSR count). The van der Waals surface area contributed by atoms with E-state index >= 15 is 0 Å². The topological polar surface area (TPSA) is 58.6 Å². The molecule has 35 heavy (non-hydrogen) atoms. The van der Waals surface area contributed by atoms with Crippen molar-refractivity contribution in [2.45, 2.75) is 45.3 Å². The highest BCUT2D eigenvalue weighted by atomic mass is 127. The van der Waals surface area contributed by atoms with Crippen LogP contribution in [0.25, 0.3) is 0 Å². The Morgan fingerprint density at radius 3 is 2.26 bits per heavy atom. The number of nitrogens with one attached hydrogen (secondary N) is 1. The highest BCUT2D eigenvalue weighted by Gasteiger charge is 2.31. The maximum Gasteiger partial charge on any atom is 0.261 e. The number of carbonyl (C=O) groups is 2. The van der Waals surface area contributed by atoms with Gasteiger partial charge in [-0.25, -0.2) is 0 Å². The van der Waals surface area contributed by atoms with Crippen LogP contribution >= 0.6 is 38.5 Å². The van der Waals surface area contributed by atoms with Gasteiger partial charge in [-0.3, -0.25) is 9.59 Å². The maximum atomic E-state index is 13.6. The van der Waals surface area contributed by atoms with Crippen molar-refractivity contribution in [1.82, 2.24) is 10.2 Å². The summed E-state index contributed by atoms with van der Waals surface area (Å²) in [5.41, 5.74) is 1.93. The predicted molar refractivity (Wildman–Crippen MR) is 151 cm³/mol. The van der Waals surface area contributed by atoms with Crippen LogP contribution < -0.4 is 10.1 Å². The number of rotatable bonds is 11. The standard InChI is InChI=1S/C28H30BrIN2O3/c1-3-20(2)31-28(34)26(17-21-7-5-4-6-8-21)32(18-22-9-11-23(29)12-10-22)27(33)19-35-25-15-13-24(30)14-16-25/h4-16,20,26H,3,17-19H2,1-2H3,(H,31,34). The average molecular weight is 649 g/mol.